The van der Waals surface area contributed by atoms with E-state index >= 15 is 0 Å². The van der Waals surface area contributed by atoms with Crippen LogP contribution in [0.4, 0.5) is 0 Å². The van der Waals surface area contributed by atoms with E-state index in [0.29, 0.717) is 11.8 Å². The molecule has 0 bridgehead atoms. The number of hydrogen-bond acceptors (Lipinski definition) is 4. The summed E-state index contributed by atoms with van der Waals surface area (Å²) in [6, 6.07) is 5.93. The molecule has 1 N–H and O–H groups in total. The molecule has 0 radical (unpaired) electrons. The molecular weight excluding hydrogens is 280 g/mol. The maximum atomic E-state index is 12.0. The Labute approximate surface area is 117 Å². The molecule has 1 aliphatic rings. The van der Waals surface area contributed by atoms with Crippen molar-refractivity contribution in [1.29, 1.82) is 0 Å². The van der Waals surface area contributed by atoms with Crippen LogP contribution in [0.15, 0.2) is 29.2 Å². The molecule has 108 valence electrons. The highest BCUT2D eigenvalue weighted by molar-refractivity contribution is 7.91. The fourth-order valence-electron chi connectivity index (χ4n) is 2.05. The number of aldehydes is 1. The summed E-state index contributed by atoms with van der Waals surface area (Å²) in [6.45, 7) is 0. The summed E-state index contributed by atoms with van der Waals surface area (Å²) in [5, 5.41) is 8.71. The standard InChI is InChI=1S/C14H16O5S/c15-8-12(7-14(16)17)11-3-5-13(6-4-11)20(18,19)9-10-1-2-10/h3-6,8,10,12H,1-2,7,9H2,(H,16,17). The molecule has 1 aliphatic carbocycles. The highest BCUT2D eigenvalue weighted by Crippen LogP contribution is 2.32. The Morgan fingerprint density at radius 1 is 1.30 bits per heavy atom. The van der Waals surface area contributed by atoms with E-state index in [0.717, 1.165) is 12.8 Å². The molecule has 0 aromatic heterocycles. The van der Waals surface area contributed by atoms with E-state index in [9.17, 15) is 18.0 Å². The normalized spacial score (nSPS) is 16.6. The molecule has 2 rings (SSSR count). The van der Waals surface area contributed by atoms with Gasteiger partial charge in [0.1, 0.15) is 6.29 Å². The van der Waals surface area contributed by atoms with Crippen molar-refractivity contribution in [2.75, 3.05) is 5.75 Å². The monoisotopic (exact) mass is 296 g/mol. The summed E-state index contributed by atoms with van der Waals surface area (Å²) in [5.41, 5.74) is 0.521. The zero-order valence-corrected chi connectivity index (χ0v) is 11.7. The van der Waals surface area contributed by atoms with Crippen LogP contribution in [0.25, 0.3) is 0 Å². The van der Waals surface area contributed by atoms with Crippen LogP contribution in [0.3, 0.4) is 0 Å². The lowest BCUT2D eigenvalue weighted by atomic mass is 9.97. The van der Waals surface area contributed by atoms with Crippen molar-refractivity contribution in [3.63, 3.8) is 0 Å². The lowest BCUT2D eigenvalue weighted by Gasteiger charge is -2.09. The Morgan fingerprint density at radius 2 is 1.90 bits per heavy atom. The number of carboxylic acid groups (broad SMARTS) is 1. The van der Waals surface area contributed by atoms with Gasteiger partial charge in [-0.3, -0.25) is 4.79 Å². The van der Waals surface area contributed by atoms with Crippen LogP contribution in [0.2, 0.25) is 0 Å². The first kappa shape index (κ1) is 14.7. The number of benzene rings is 1. The SMILES string of the molecule is O=CC(CC(=O)O)c1ccc(S(=O)(=O)CC2CC2)cc1. The minimum Gasteiger partial charge on any atom is -0.481 e. The Balaban J connectivity index is 2.16. The van der Waals surface area contributed by atoms with E-state index in [2.05, 4.69) is 0 Å². The third-order valence-corrected chi connectivity index (χ3v) is 5.28. The minimum absolute atomic E-state index is 0.165. The molecule has 1 atom stereocenters. The van der Waals surface area contributed by atoms with Crippen LogP contribution in [0.1, 0.15) is 30.7 Å². The van der Waals surface area contributed by atoms with Crippen LogP contribution in [0, 0.1) is 5.92 Å². The van der Waals surface area contributed by atoms with Crippen LogP contribution < -0.4 is 0 Å². The third-order valence-electron chi connectivity index (χ3n) is 3.38. The Kier molecular flexibility index (Phi) is 4.23. The van der Waals surface area contributed by atoms with E-state index < -0.39 is 21.7 Å². The molecular formula is C14H16O5S. The van der Waals surface area contributed by atoms with Gasteiger partial charge in [-0.15, -0.1) is 0 Å². The fraction of sp³-hybridized carbons (Fsp3) is 0.429. The van der Waals surface area contributed by atoms with Crippen molar-refractivity contribution in [2.45, 2.75) is 30.1 Å². The molecule has 0 saturated heterocycles. The maximum absolute atomic E-state index is 12.0. The van der Waals surface area contributed by atoms with Crippen molar-refractivity contribution < 1.29 is 23.1 Å². The van der Waals surface area contributed by atoms with Gasteiger partial charge >= 0.3 is 5.97 Å². The van der Waals surface area contributed by atoms with Gasteiger partial charge in [0.15, 0.2) is 9.84 Å². The molecule has 6 heteroatoms. The average Bonchev–Trinajstić information content (AvgIpc) is 3.19. The molecule has 0 amide bonds. The number of aliphatic carboxylic acids is 1. The highest BCUT2D eigenvalue weighted by Gasteiger charge is 2.29. The van der Waals surface area contributed by atoms with Crippen molar-refractivity contribution in [2.24, 2.45) is 5.92 Å². The first-order chi connectivity index (χ1) is 9.42. The molecule has 1 aromatic rings. The average molecular weight is 296 g/mol. The molecule has 20 heavy (non-hydrogen) atoms. The van der Waals surface area contributed by atoms with E-state index in [1.165, 1.54) is 24.3 Å². The summed E-state index contributed by atoms with van der Waals surface area (Å²) in [4.78, 5) is 21.8. The second-order valence-electron chi connectivity index (χ2n) is 5.13. The lowest BCUT2D eigenvalue weighted by molar-refractivity contribution is -0.138. The molecule has 0 spiro atoms. The van der Waals surface area contributed by atoms with E-state index in [1.54, 1.807) is 0 Å². The first-order valence-corrected chi connectivity index (χ1v) is 8.07. The van der Waals surface area contributed by atoms with Crippen LogP contribution in [0.5, 0.6) is 0 Å². The van der Waals surface area contributed by atoms with Gasteiger partial charge in [0.05, 0.1) is 23.0 Å². The summed E-state index contributed by atoms with van der Waals surface area (Å²) >= 11 is 0. The number of hydrogen-bond donors (Lipinski definition) is 1. The predicted molar refractivity (Wildman–Crippen MR) is 72.3 cm³/mol. The third kappa shape index (κ3) is 3.66. The van der Waals surface area contributed by atoms with Gasteiger partial charge < -0.3 is 9.90 Å². The minimum atomic E-state index is -3.27. The molecule has 0 aliphatic heterocycles. The summed E-state index contributed by atoms with van der Waals surface area (Å²) in [5.74, 6) is -1.37. The zero-order valence-electron chi connectivity index (χ0n) is 10.9. The molecule has 1 unspecified atom stereocenters. The molecule has 1 fully saturated rings. The Hall–Kier alpha value is -1.69. The number of carboxylic acids is 1. The van der Waals surface area contributed by atoms with Crippen LogP contribution in [-0.2, 0) is 19.4 Å². The number of carbonyl (C=O) groups excluding carboxylic acids is 1. The second-order valence-corrected chi connectivity index (χ2v) is 7.17. The fourth-order valence-corrected chi connectivity index (χ4v) is 3.74. The van der Waals surface area contributed by atoms with E-state index in [1.807, 2.05) is 0 Å². The Bertz CT molecular complexity index is 599. The van der Waals surface area contributed by atoms with Gasteiger partial charge in [0.25, 0.3) is 0 Å². The van der Waals surface area contributed by atoms with Gasteiger partial charge in [0, 0.05) is 0 Å². The van der Waals surface area contributed by atoms with Gasteiger partial charge in [-0.1, -0.05) is 12.1 Å². The van der Waals surface area contributed by atoms with Crippen LogP contribution in [-0.4, -0.2) is 31.5 Å². The smallest absolute Gasteiger partial charge is 0.304 e. The molecule has 5 nitrogen and oxygen atoms in total. The Morgan fingerprint density at radius 3 is 2.35 bits per heavy atom. The van der Waals surface area contributed by atoms with Gasteiger partial charge in [-0.25, -0.2) is 8.42 Å². The van der Waals surface area contributed by atoms with Crippen molar-refractivity contribution >= 4 is 22.1 Å². The van der Waals surface area contributed by atoms with Gasteiger partial charge in [0.2, 0.25) is 0 Å². The quantitative estimate of drug-likeness (QED) is 0.772. The number of carbonyl (C=O) groups is 2. The summed E-state index contributed by atoms with van der Waals surface area (Å²) < 4.78 is 24.1. The molecule has 0 heterocycles. The summed E-state index contributed by atoms with van der Waals surface area (Å²) in [7, 11) is -3.27. The van der Waals surface area contributed by atoms with Gasteiger partial charge in [-0.05, 0) is 36.5 Å². The zero-order chi connectivity index (χ0) is 14.8. The molecule has 1 aromatic carbocycles. The van der Waals surface area contributed by atoms with E-state index in [4.69, 9.17) is 5.11 Å². The predicted octanol–water partition coefficient (Wildman–Crippen LogP) is 1.63. The van der Waals surface area contributed by atoms with Crippen LogP contribution >= 0.6 is 0 Å². The maximum Gasteiger partial charge on any atom is 0.304 e. The first-order valence-electron chi connectivity index (χ1n) is 6.42. The lowest BCUT2D eigenvalue weighted by Crippen LogP contribution is -2.10. The molecule has 1 saturated carbocycles. The number of sulfone groups is 1. The summed E-state index contributed by atoms with van der Waals surface area (Å²) in [6.07, 6.45) is 2.20. The van der Waals surface area contributed by atoms with Crippen molar-refractivity contribution in [3.8, 4) is 0 Å². The van der Waals surface area contributed by atoms with Crippen molar-refractivity contribution in [3.05, 3.63) is 29.8 Å². The van der Waals surface area contributed by atoms with Gasteiger partial charge in [-0.2, -0.15) is 0 Å². The second kappa shape index (κ2) is 5.75. The number of rotatable bonds is 7. The van der Waals surface area contributed by atoms with Crippen molar-refractivity contribution in [1.82, 2.24) is 0 Å². The largest absolute Gasteiger partial charge is 0.481 e. The highest BCUT2D eigenvalue weighted by atomic mass is 32.2. The topological polar surface area (TPSA) is 88.5 Å². The van der Waals surface area contributed by atoms with E-state index in [-0.39, 0.29) is 23.0 Å².